The highest BCUT2D eigenvalue weighted by atomic mass is 16.5. The van der Waals surface area contributed by atoms with Crippen LogP contribution in [0.5, 0.6) is 0 Å². The van der Waals surface area contributed by atoms with E-state index in [-0.39, 0.29) is 18.4 Å². The van der Waals surface area contributed by atoms with E-state index in [0.717, 1.165) is 12.0 Å². The van der Waals surface area contributed by atoms with E-state index in [0.29, 0.717) is 31.7 Å². The number of hydrogen-bond donors (Lipinski definition) is 1. The standard InChI is InChI=1S/C16H24N2O3/c1-3-10-18(12-16(20)21-4-2)15(19)9-8-13-6-5-7-14(17)11-13/h5-7,11H,3-4,8-10,12,17H2,1-2H3. The number of esters is 1. The van der Waals surface area contributed by atoms with Crippen LogP contribution in [0.25, 0.3) is 0 Å². The number of carbonyl (C=O) groups excluding carboxylic acids is 2. The first kappa shape index (κ1) is 17.0. The molecule has 0 saturated heterocycles. The zero-order valence-electron chi connectivity index (χ0n) is 12.8. The second kappa shape index (κ2) is 9.00. The number of carbonyl (C=O) groups is 2. The molecule has 21 heavy (non-hydrogen) atoms. The Bertz CT molecular complexity index is 474. The van der Waals surface area contributed by atoms with Gasteiger partial charge in [-0.1, -0.05) is 19.1 Å². The van der Waals surface area contributed by atoms with Crippen LogP contribution in [-0.4, -0.2) is 36.5 Å². The van der Waals surface area contributed by atoms with Crippen molar-refractivity contribution in [2.75, 3.05) is 25.4 Å². The van der Waals surface area contributed by atoms with Gasteiger partial charge in [-0.3, -0.25) is 9.59 Å². The molecule has 5 heteroatoms. The number of rotatable bonds is 8. The van der Waals surface area contributed by atoms with Crippen LogP contribution < -0.4 is 5.73 Å². The van der Waals surface area contributed by atoms with E-state index in [1.807, 2.05) is 31.2 Å². The first-order valence-corrected chi connectivity index (χ1v) is 7.34. The Kier molecular flexibility index (Phi) is 7.29. The molecule has 5 nitrogen and oxygen atoms in total. The van der Waals surface area contributed by atoms with E-state index in [4.69, 9.17) is 10.5 Å². The molecule has 2 N–H and O–H groups in total. The molecular formula is C16H24N2O3. The summed E-state index contributed by atoms with van der Waals surface area (Å²) in [5, 5.41) is 0. The Morgan fingerprint density at radius 2 is 2.05 bits per heavy atom. The van der Waals surface area contributed by atoms with Gasteiger partial charge in [-0.15, -0.1) is 0 Å². The summed E-state index contributed by atoms with van der Waals surface area (Å²) in [7, 11) is 0. The first-order valence-electron chi connectivity index (χ1n) is 7.34. The van der Waals surface area contributed by atoms with Crippen LogP contribution in [0.1, 0.15) is 32.3 Å². The highest BCUT2D eigenvalue weighted by molar-refractivity contribution is 5.82. The van der Waals surface area contributed by atoms with Crippen molar-refractivity contribution < 1.29 is 14.3 Å². The summed E-state index contributed by atoms with van der Waals surface area (Å²) in [6.45, 7) is 4.65. The van der Waals surface area contributed by atoms with Crippen molar-refractivity contribution >= 4 is 17.6 Å². The molecule has 0 fully saturated rings. The maximum Gasteiger partial charge on any atom is 0.325 e. The first-order chi connectivity index (χ1) is 10.1. The molecule has 1 amide bonds. The van der Waals surface area contributed by atoms with Crippen LogP contribution >= 0.6 is 0 Å². The Morgan fingerprint density at radius 3 is 2.67 bits per heavy atom. The molecule has 1 aromatic rings. The predicted molar refractivity (Wildman–Crippen MR) is 82.7 cm³/mol. The monoisotopic (exact) mass is 292 g/mol. The molecular weight excluding hydrogens is 268 g/mol. The average molecular weight is 292 g/mol. The van der Waals surface area contributed by atoms with Gasteiger partial charge in [-0.25, -0.2) is 0 Å². The van der Waals surface area contributed by atoms with E-state index < -0.39 is 0 Å². The molecule has 0 aliphatic carbocycles. The summed E-state index contributed by atoms with van der Waals surface area (Å²) in [6, 6.07) is 7.50. The normalized spacial score (nSPS) is 10.2. The van der Waals surface area contributed by atoms with E-state index in [2.05, 4.69) is 0 Å². The third-order valence-corrected chi connectivity index (χ3v) is 3.05. The molecule has 0 saturated carbocycles. The van der Waals surface area contributed by atoms with Gasteiger partial charge in [0.25, 0.3) is 0 Å². The van der Waals surface area contributed by atoms with E-state index in [9.17, 15) is 9.59 Å². The van der Waals surface area contributed by atoms with Crippen LogP contribution in [0.4, 0.5) is 5.69 Å². The van der Waals surface area contributed by atoms with Crippen molar-refractivity contribution in [3.8, 4) is 0 Å². The number of nitrogen functional groups attached to an aromatic ring is 1. The highest BCUT2D eigenvalue weighted by Crippen LogP contribution is 2.10. The van der Waals surface area contributed by atoms with Gasteiger partial charge in [-0.2, -0.15) is 0 Å². The lowest BCUT2D eigenvalue weighted by Gasteiger charge is -2.21. The molecule has 0 spiro atoms. The van der Waals surface area contributed by atoms with Crippen molar-refractivity contribution in [2.45, 2.75) is 33.1 Å². The lowest BCUT2D eigenvalue weighted by Crippen LogP contribution is -2.37. The maximum atomic E-state index is 12.2. The van der Waals surface area contributed by atoms with E-state index in [1.54, 1.807) is 11.8 Å². The largest absolute Gasteiger partial charge is 0.465 e. The third kappa shape index (κ3) is 6.29. The quantitative estimate of drug-likeness (QED) is 0.587. The number of hydrogen-bond acceptors (Lipinski definition) is 4. The number of aryl methyl sites for hydroxylation is 1. The molecule has 0 aliphatic heterocycles. The van der Waals surface area contributed by atoms with Crippen LogP contribution in [-0.2, 0) is 20.7 Å². The summed E-state index contributed by atoms with van der Waals surface area (Å²) in [4.78, 5) is 25.3. The molecule has 116 valence electrons. The summed E-state index contributed by atoms with van der Waals surface area (Å²) < 4.78 is 4.90. The van der Waals surface area contributed by atoms with Gasteiger partial charge < -0.3 is 15.4 Å². The molecule has 0 atom stereocenters. The van der Waals surface area contributed by atoms with Crippen molar-refractivity contribution in [1.29, 1.82) is 0 Å². The SMILES string of the molecule is CCCN(CC(=O)OCC)C(=O)CCc1cccc(N)c1. The van der Waals surface area contributed by atoms with Gasteiger partial charge in [0.2, 0.25) is 5.91 Å². The number of anilines is 1. The Hall–Kier alpha value is -2.04. The lowest BCUT2D eigenvalue weighted by atomic mass is 10.1. The zero-order valence-corrected chi connectivity index (χ0v) is 12.8. The van der Waals surface area contributed by atoms with Crippen molar-refractivity contribution in [3.05, 3.63) is 29.8 Å². The summed E-state index contributed by atoms with van der Waals surface area (Å²) in [5.41, 5.74) is 7.43. The fraction of sp³-hybridized carbons (Fsp3) is 0.500. The molecule has 0 aromatic heterocycles. The van der Waals surface area contributed by atoms with Crippen molar-refractivity contribution in [2.24, 2.45) is 0 Å². The molecule has 0 unspecified atom stereocenters. The Labute approximate surface area is 126 Å². The predicted octanol–water partition coefficient (Wildman–Crippen LogP) is 2.00. The minimum absolute atomic E-state index is 0.0252. The van der Waals surface area contributed by atoms with E-state index in [1.165, 1.54) is 0 Å². The Morgan fingerprint density at radius 1 is 1.29 bits per heavy atom. The number of benzene rings is 1. The van der Waals surface area contributed by atoms with Gasteiger partial charge >= 0.3 is 5.97 Å². The molecule has 0 heterocycles. The van der Waals surface area contributed by atoms with Crippen LogP contribution in [0, 0.1) is 0 Å². The lowest BCUT2D eigenvalue weighted by molar-refractivity contribution is -0.149. The average Bonchev–Trinajstić information content (AvgIpc) is 2.44. The zero-order chi connectivity index (χ0) is 15.7. The van der Waals surface area contributed by atoms with Gasteiger partial charge in [0.05, 0.1) is 6.61 Å². The fourth-order valence-electron chi connectivity index (χ4n) is 2.08. The van der Waals surface area contributed by atoms with Gasteiger partial charge in [0.15, 0.2) is 0 Å². The third-order valence-electron chi connectivity index (χ3n) is 3.05. The van der Waals surface area contributed by atoms with Crippen LogP contribution in [0.2, 0.25) is 0 Å². The second-order valence-corrected chi connectivity index (χ2v) is 4.87. The van der Waals surface area contributed by atoms with E-state index >= 15 is 0 Å². The van der Waals surface area contributed by atoms with Crippen LogP contribution in [0.3, 0.4) is 0 Å². The molecule has 1 aromatic carbocycles. The topological polar surface area (TPSA) is 72.6 Å². The smallest absolute Gasteiger partial charge is 0.325 e. The highest BCUT2D eigenvalue weighted by Gasteiger charge is 2.16. The molecule has 0 radical (unpaired) electrons. The van der Waals surface area contributed by atoms with Crippen molar-refractivity contribution in [1.82, 2.24) is 4.90 Å². The maximum absolute atomic E-state index is 12.2. The molecule has 0 bridgehead atoms. The number of nitrogens with two attached hydrogens (primary N) is 1. The minimum atomic E-state index is -0.358. The summed E-state index contributed by atoms with van der Waals surface area (Å²) in [6.07, 6.45) is 1.79. The summed E-state index contributed by atoms with van der Waals surface area (Å²) >= 11 is 0. The van der Waals surface area contributed by atoms with Crippen molar-refractivity contribution in [3.63, 3.8) is 0 Å². The number of amides is 1. The van der Waals surface area contributed by atoms with Gasteiger partial charge in [0, 0.05) is 18.7 Å². The molecule has 1 rings (SSSR count). The fourth-order valence-corrected chi connectivity index (χ4v) is 2.08. The number of nitrogens with zero attached hydrogens (tertiary/aromatic N) is 1. The number of ether oxygens (including phenoxy) is 1. The summed E-state index contributed by atoms with van der Waals surface area (Å²) in [5.74, 6) is -0.393. The van der Waals surface area contributed by atoms with Crippen LogP contribution in [0.15, 0.2) is 24.3 Å². The minimum Gasteiger partial charge on any atom is -0.465 e. The molecule has 0 aliphatic rings. The Balaban J connectivity index is 2.54. The second-order valence-electron chi connectivity index (χ2n) is 4.87. The van der Waals surface area contributed by atoms with Gasteiger partial charge in [0.1, 0.15) is 6.54 Å². The van der Waals surface area contributed by atoms with Gasteiger partial charge in [-0.05, 0) is 37.5 Å².